The molecule has 1 N–H and O–H groups in total. The number of nitrogens with zero attached hydrogens (tertiary/aromatic N) is 2. The van der Waals surface area contributed by atoms with Crippen molar-refractivity contribution in [2.45, 2.75) is 0 Å². The summed E-state index contributed by atoms with van der Waals surface area (Å²) in [6.07, 6.45) is 1.40. The third-order valence-corrected chi connectivity index (χ3v) is 2.07. The van der Waals surface area contributed by atoms with Gasteiger partial charge in [-0.25, -0.2) is 0 Å². The summed E-state index contributed by atoms with van der Waals surface area (Å²) in [7, 11) is 2.92. The largest absolute Gasteiger partial charge is 0.481 e. The van der Waals surface area contributed by atoms with E-state index in [1.54, 1.807) is 6.07 Å². The van der Waals surface area contributed by atoms with E-state index >= 15 is 0 Å². The Morgan fingerprint density at radius 3 is 2.44 bits per heavy atom. The molecule has 0 spiro atoms. The first kappa shape index (κ1) is 11.9. The Balaban J connectivity index is 2.20. The lowest BCUT2D eigenvalue weighted by Gasteiger charge is -2.06. The number of nitrogens with one attached hydrogen (secondary N) is 1. The maximum absolute atomic E-state index is 11.7. The van der Waals surface area contributed by atoms with Crippen LogP contribution in [0.3, 0.4) is 0 Å². The van der Waals surface area contributed by atoms with E-state index in [0.29, 0.717) is 0 Å². The summed E-state index contributed by atoms with van der Waals surface area (Å²) in [5, 5.41) is 2.48. The molecule has 0 aromatic carbocycles. The van der Waals surface area contributed by atoms with Crippen molar-refractivity contribution in [1.29, 1.82) is 0 Å². The Kier molecular flexibility index (Phi) is 3.42. The van der Waals surface area contributed by atoms with Crippen molar-refractivity contribution in [1.82, 2.24) is 9.97 Å². The fraction of sp³-hybridized carbons (Fsp3) is 0.182. The fourth-order valence-corrected chi connectivity index (χ4v) is 1.24. The van der Waals surface area contributed by atoms with Gasteiger partial charge in [-0.1, -0.05) is 0 Å². The van der Waals surface area contributed by atoms with Crippen LogP contribution in [0.1, 0.15) is 10.6 Å². The molecular weight excluding hydrogens is 238 g/mol. The number of furan rings is 1. The number of hydrogen-bond donors (Lipinski definition) is 1. The molecule has 2 aromatic rings. The van der Waals surface area contributed by atoms with E-state index in [1.807, 2.05) is 0 Å². The zero-order valence-electron chi connectivity index (χ0n) is 9.84. The molecule has 0 bridgehead atoms. The average molecular weight is 249 g/mol. The van der Waals surface area contributed by atoms with Gasteiger partial charge < -0.3 is 13.9 Å². The lowest BCUT2D eigenvalue weighted by Crippen LogP contribution is -2.14. The van der Waals surface area contributed by atoms with Crippen LogP contribution in [0.4, 0.5) is 5.95 Å². The molecule has 0 saturated carbocycles. The molecule has 0 saturated heterocycles. The summed E-state index contributed by atoms with van der Waals surface area (Å²) < 4.78 is 14.9. The van der Waals surface area contributed by atoms with Crippen LogP contribution in [0.2, 0.25) is 0 Å². The molecular formula is C11H11N3O4. The minimum atomic E-state index is -0.449. The Hall–Kier alpha value is -2.57. The number of methoxy groups -OCH3 is 2. The second-order valence-corrected chi connectivity index (χ2v) is 3.21. The molecule has 0 aliphatic rings. The Morgan fingerprint density at radius 2 is 1.94 bits per heavy atom. The maximum atomic E-state index is 11.7. The van der Waals surface area contributed by atoms with Crippen LogP contribution in [0.5, 0.6) is 11.8 Å². The highest BCUT2D eigenvalue weighted by molar-refractivity contribution is 6.01. The van der Waals surface area contributed by atoms with Gasteiger partial charge in [0.15, 0.2) is 5.76 Å². The zero-order valence-corrected chi connectivity index (χ0v) is 9.84. The molecule has 0 atom stereocenters. The van der Waals surface area contributed by atoms with Crippen molar-refractivity contribution >= 4 is 11.9 Å². The van der Waals surface area contributed by atoms with Gasteiger partial charge in [-0.05, 0) is 12.1 Å². The molecule has 0 aliphatic heterocycles. The lowest BCUT2D eigenvalue weighted by molar-refractivity contribution is 0.0995. The van der Waals surface area contributed by atoms with Gasteiger partial charge in [0.05, 0.1) is 26.5 Å². The zero-order chi connectivity index (χ0) is 13.0. The van der Waals surface area contributed by atoms with Crippen molar-refractivity contribution in [3.63, 3.8) is 0 Å². The maximum Gasteiger partial charge on any atom is 0.293 e. The summed E-state index contributed by atoms with van der Waals surface area (Å²) in [6.45, 7) is 0. The van der Waals surface area contributed by atoms with Gasteiger partial charge in [0.2, 0.25) is 17.7 Å². The molecule has 18 heavy (non-hydrogen) atoms. The normalized spacial score (nSPS) is 9.89. The predicted octanol–water partition coefficient (Wildman–Crippen LogP) is 1.34. The number of rotatable bonds is 4. The van der Waals surface area contributed by atoms with E-state index in [4.69, 9.17) is 13.9 Å². The quantitative estimate of drug-likeness (QED) is 0.879. The highest BCUT2D eigenvalue weighted by atomic mass is 16.5. The van der Waals surface area contributed by atoms with E-state index in [-0.39, 0.29) is 23.5 Å². The molecule has 0 radical (unpaired) electrons. The van der Waals surface area contributed by atoms with Crippen molar-refractivity contribution < 1.29 is 18.7 Å². The van der Waals surface area contributed by atoms with Crippen LogP contribution in [0.15, 0.2) is 28.9 Å². The second kappa shape index (κ2) is 5.17. The number of carbonyl (C=O) groups excluding carboxylic acids is 1. The predicted molar refractivity (Wildman–Crippen MR) is 61.8 cm³/mol. The van der Waals surface area contributed by atoms with E-state index < -0.39 is 5.91 Å². The van der Waals surface area contributed by atoms with Gasteiger partial charge in [-0.15, -0.1) is 0 Å². The summed E-state index contributed by atoms with van der Waals surface area (Å²) in [4.78, 5) is 19.6. The number of anilines is 1. The molecule has 94 valence electrons. The number of hydrogen-bond acceptors (Lipinski definition) is 6. The van der Waals surface area contributed by atoms with Crippen molar-refractivity contribution in [2.24, 2.45) is 0 Å². The van der Waals surface area contributed by atoms with Crippen molar-refractivity contribution in [2.75, 3.05) is 19.5 Å². The average Bonchev–Trinajstić information content (AvgIpc) is 2.92. The Morgan fingerprint density at radius 1 is 1.28 bits per heavy atom. The summed E-state index contributed by atoms with van der Waals surface area (Å²) >= 11 is 0. The van der Waals surface area contributed by atoms with Gasteiger partial charge in [0.25, 0.3) is 5.91 Å². The third kappa shape index (κ3) is 2.57. The van der Waals surface area contributed by atoms with Crippen LogP contribution in [-0.4, -0.2) is 30.1 Å². The molecule has 2 aromatic heterocycles. The molecule has 0 unspecified atom stereocenters. The molecule has 7 heteroatoms. The van der Waals surface area contributed by atoms with E-state index in [2.05, 4.69) is 15.3 Å². The highest BCUT2D eigenvalue weighted by Crippen LogP contribution is 2.17. The van der Waals surface area contributed by atoms with Crippen LogP contribution < -0.4 is 14.8 Å². The molecule has 7 nitrogen and oxygen atoms in total. The van der Waals surface area contributed by atoms with Gasteiger partial charge in [-0.3, -0.25) is 10.1 Å². The Labute approximate surface area is 103 Å². The molecule has 2 heterocycles. The van der Waals surface area contributed by atoms with Gasteiger partial charge in [0.1, 0.15) is 0 Å². The van der Waals surface area contributed by atoms with Crippen molar-refractivity contribution in [3.8, 4) is 11.8 Å². The summed E-state index contributed by atoms with van der Waals surface area (Å²) in [6, 6.07) is 4.65. The second-order valence-electron chi connectivity index (χ2n) is 3.21. The summed E-state index contributed by atoms with van der Waals surface area (Å²) in [5.41, 5.74) is 0. The minimum Gasteiger partial charge on any atom is -0.481 e. The number of carbonyl (C=O) groups is 1. The lowest BCUT2D eigenvalue weighted by atomic mass is 10.4. The van der Waals surface area contributed by atoms with Crippen LogP contribution in [0.25, 0.3) is 0 Å². The van der Waals surface area contributed by atoms with Gasteiger partial charge in [0, 0.05) is 0 Å². The molecule has 0 aliphatic carbocycles. The first-order valence-corrected chi connectivity index (χ1v) is 5.05. The first-order chi connectivity index (χ1) is 8.72. The van der Waals surface area contributed by atoms with Gasteiger partial charge >= 0.3 is 0 Å². The monoisotopic (exact) mass is 249 g/mol. The highest BCUT2D eigenvalue weighted by Gasteiger charge is 2.12. The van der Waals surface area contributed by atoms with E-state index in [1.165, 1.54) is 32.6 Å². The molecule has 1 amide bonds. The van der Waals surface area contributed by atoms with E-state index in [9.17, 15) is 4.79 Å². The van der Waals surface area contributed by atoms with Gasteiger partial charge in [-0.2, -0.15) is 9.97 Å². The number of ether oxygens (including phenoxy) is 2. The Bertz CT molecular complexity index is 517. The van der Waals surface area contributed by atoms with Crippen LogP contribution in [-0.2, 0) is 0 Å². The fourth-order valence-electron chi connectivity index (χ4n) is 1.24. The molecule has 2 rings (SSSR count). The first-order valence-electron chi connectivity index (χ1n) is 5.05. The number of amides is 1. The third-order valence-electron chi connectivity index (χ3n) is 2.07. The topological polar surface area (TPSA) is 86.5 Å². The van der Waals surface area contributed by atoms with Crippen molar-refractivity contribution in [3.05, 3.63) is 30.2 Å². The summed E-state index contributed by atoms with van der Waals surface area (Å²) in [5.74, 6) is 0.372. The van der Waals surface area contributed by atoms with Crippen LogP contribution in [0, 0.1) is 0 Å². The standard InChI is InChI=1S/C11H11N3O4/c1-16-8-6-9(17-2)13-11(12-8)14-10(15)7-4-3-5-18-7/h3-6H,1-2H3,(H,12,13,14,15). The molecule has 0 fully saturated rings. The smallest absolute Gasteiger partial charge is 0.293 e. The van der Waals surface area contributed by atoms with E-state index in [0.717, 1.165) is 0 Å². The SMILES string of the molecule is COc1cc(OC)nc(NC(=O)c2ccco2)n1. The minimum absolute atomic E-state index is 0.0765. The number of aromatic nitrogens is 2. The van der Waals surface area contributed by atoms with Crippen LogP contribution >= 0.6 is 0 Å².